The van der Waals surface area contributed by atoms with E-state index in [1.165, 1.54) is 0 Å². The van der Waals surface area contributed by atoms with Crippen molar-refractivity contribution in [3.05, 3.63) is 0 Å². The lowest BCUT2D eigenvalue weighted by molar-refractivity contribution is -0.121. The number of piperidine rings is 1. The van der Waals surface area contributed by atoms with Crippen LogP contribution >= 0.6 is 11.8 Å². The predicted molar refractivity (Wildman–Crippen MR) is 105 cm³/mol. The van der Waals surface area contributed by atoms with Crippen LogP contribution in [0.15, 0.2) is 4.99 Å². The molecule has 7 heteroatoms. The van der Waals surface area contributed by atoms with Gasteiger partial charge in [-0.15, -0.1) is 0 Å². The normalized spacial score (nSPS) is 21.9. The van der Waals surface area contributed by atoms with E-state index in [0.717, 1.165) is 70.2 Å². The molecule has 2 aliphatic rings. The summed E-state index contributed by atoms with van der Waals surface area (Å²) in [5.41, 5.74) is 0. The van der Waals surface area contributed by atoms with Crippen LogP contribution in [0.4, 0.5) is 0 Å². The maximum atomic E-state index is 11.6. The number of carbonyl (C=O) groups excluding carboxylic acids is 1. The van der Waals surface area contributed by atoms with Crippen molar-refractivity contribution in [3.63, 3.8) is 0 Å². The van der Waals surface area contributed by atoms with Gasteiger partial charge in [0.15, 0.2) is 5.96 Å². The highest BCUT2D eigenvalue weighted by Crippen LogP contribution is 2.34. The smallest absolute Gasteiger partial charge is 0.220 e. The fourth-order valence-electron chi connectivity index (χ4n) is 3.71. The summed E-state index contributed by atoms with van der Waals surface area (Å²) in [7, 11) is 3.58. The van der Waals surface area contributed by atoms with Gasteiger partial charge >= 0.3 is 0 Å². The minimum absolute atomic E-state index is 0.152. The zero-order valence-corrected chi connectivity index (χ0v) is 16.8. The summed E-state index contributed by atoms with van der Waals surface area (Å²) in [5, 5.41) is 6.35. The van der Waals surface area contributed by atoms with E-state index in [4.69, 9.17) is 4.74 Å². The van der Waals surface area contributed by atoms with E-state index in [0.29, 0.717) is 12.3 Å². The van der Waals surface area contributed by atoms with E-state index in [2.05, 4.69) is 27.4 Å². The van der Waals surface area contributed by atoms with E-state index in [1.54, 1.807) is 7.05 Å². The molecule has 144 valence electrons. The Labute approximate surface area is 156 Å². The summed E-state index contributed by atoms with van der Waals surface area (Å²) in [6.07, 6.45) is 4.95. The molecule has 2 fully saturated rings. The van der Waals surface area contributed by atoms with Crippen LogP contribution < -0.4 is 10.6 Å². The summed E-state index contributed by atoms with van der Waals surface area (Å²) in [6.45, 7) is 6.83. The summed E-state index contributed by atoms with van der Waals surface area (Å²) in [5.74, 6) is 2.78. The SMILES string of the molecule is CCSC1(CNC(=NC)N2CCC(CC(=O)NC)CC2)CCOCC1. The third-order valence-corrected chi connectivity index (χ3v) is 6.76. The van der Waals surface area contributed by atoms with Crippen molar-refractivity contribution in [1.82, 2.24) is 15.5 Å². The number of guanidine groups is 1. The molecule has 1 amide bonds. The van der Waals surface area contributed by atoms with Crippen LogP contribution in [0.5, 0.6) is 0 Å². The average molecular weight is 371 g/mol. The first-order valence-electron chi connectivity index (χ1n) is 9.50. The number of hydrogen-bond donors (Lipinski definition) is 2. The summed E-state index contributed by atoms with van der Waals surface area (Å²) in [6, 6.07) is 0. The lowest BCUT2D eigenvalue weighted by Crippen LogP contribution is -2.51. The van der Waals surface area contributed by atoms with E-state index in [-0.39, 0.29) is 10.7 Å². The molecule has 0 bridgehead atoms. The van der Waals surface area contributed by atoms with E-state index < -0.39 is 0 Å². The van der Waals surface area contributed by atoms with Crippen molar-refractivity contribution < 1.29 is 9.53 Å². The second-order valence-electron chi connectivity index (χ2n) is 6.94. The molecule has 0 unspecified atom stereocenters. The number of nitrogens with one attached hydrogen (secondary N) is 2. The molecule has 2 rings (SSSR count). The number of carbonyl (C=O) groups is 1. The highest BCUT2D eigenvalue weighted by atomic mass is 32.2. The number of hydrogen-bond acceptors (Lipinski definition) is 4. The molecule has 0 saturated carbocycles. The van der Waals surface area contributed by atoms with Crippen LogP contribution in [0.3, 0.4) is 0 Å². The van der Waals surface area contributed by atoms with Gasteiger partial charge in [-0.25, -0.2) is 0 Å². The molecule has 0 aromatic heterocycles. The molecule has 0 radical (unpaired) electrons. The standard InChI is InChI=1S/C18H34N4O2S/c1-4-25-18(7-11-24-12-8-18)14-21-17(20-3)22-9-5-15(6-10-22)13-16(23)19-2/h15H,4-14H2,1-3H3,(H,19,23)(H,20,21). The van der Waals surface area contributed by atoms with Crippen LogP contribution in [-0.2, 0) is 9.53 Å². The van der Waals surface area contributed by atoms with E-state index in [1.807, 2.05) is 18.8 Å². The Morgan fingerprint density at radius 2 is 2.00 bits per heavy atom. The van der Waals surface area contributed by atoms with Crippen molar-refractivity contribution in [3.8, 4) is 0 Å². The maximum absolute atomic E-state index is 11.6. The first-order valence-corrected chi connectivity index (χ1v) is 10.5. The number of rotatable bonds is 6. The molecule has 0 spiro atoms. The molecule has 0 aromatic carbocycles. The van der Waals surface area contributed by atoms with Gasteiger partial charge in [-0.1, -0.05) is 6.92 Å². The zero-order valence-electron chi connectivity index (χ0n) is 16.0. The van der Waals surface area contributed by atoms with Crippen molar-refractivity contribution in [2.45, 2.75) is 43.8 Å². The number of nitrogens with zero attached hydrogens (tertiary/aromatic N) is 2. The van der Waals surface area contributed by atoms with Gasteiger partial charge in [0, 0.05) is 58.1 Å². The zero-order chi connectivity index (χ0) is 18.1. The van der Waals surface area contributed by atoms with Gasteiger partial charge in [-0.05, 0) is 37.4 Å². The fourth-order valence-corrected chi connectivity index (χ4v) is 4.95. The quantitative estimate of drug-likeness (QED) is 0.550. The Morgan fingerprint density at radius 3 is 2.56 bits per heavy atom. The van der Waals surface area contributed by atoms with Gasteiger partial charge in [-0.3, -0.25) is 9.79 Å². The molecule has 6 nitrogen and oxygen atoms in total. The highest BCUT2D eigenvalue weighted by Gasteiger charge is 2.33. The predicted octanol–water partition coefficient (Wildman–Crippen LogP) is 1.71. The highest BCUT2D eigenvalue weighted by molar-refractivity contribution is 8.00. The summed E-state index contributed by atoms with van der Waals surface area (Å²) < 4.78 is 5.82. The largest absolute Gasteiger partial charge is 0.381 e. The van der Waals surface area contributed by atoms with Gasteiger partial charge in [0.25, 0.3) is 0 Å². The van der Waals surface area contributed by atoms with Crippen molar-refractivity contribution in [2.75, 3.05) is 52.7 Å². The van der Waals surface area contributed by atoms with Crippen LogP contribution in [0.1, 0.15) is 39.0 Å². The molecule has 2 saturated heterocycles. The minimum atomic E-state index is 0.152. The number of thioether (sulfide) groups is 1. The molecular formula is C18H34N4O2S. The van der Waals surface area contributed by atoms with Gasteiger partial charge in [0.1, 0.15) is 0 Å². The molecule has 2 N–H and O–H groups in total. The first-order chi connectivity index (χ1) is 12.1. The lowest BCUT2D eigenvalue weighted by atomic mass is 9.93. The van der Waals surface area contributed by atoms with Crippen LogP contribution in [0.2, 0.25) is 0 Å². The molecule has 0 atom stereocenters. The number of likely N-dealkylation sites (tertiary alicyclic amines) is 1. The third-order valence-electron chi connectivity index (χ3n) is 5.30. The van der Waals surface area contributed by atoms with Gasteiger partial charge in [0.2, 0.25) is 5.91 Å². The summed E-state index contributed by atoms with van der Waals surface area (Å²) in [4.78, 5) is 18.4. The third kappa shape index (κ3) is 6.06. The van der Waals surface area contributed by atoms with Crippen molar-refractivity contribution in [2.24, 2.45) is 10.9 Å². The Kier molecular flexibility index (Phi) is 8.36. The molecular weight excluding hydrogens is 336 g/mol. The Hall–Kier alpha value is -0.950. The molecule has 2 heterocycles. The molecule has 2 aliphatic heterocycles. The Balaban J connectivity index is 1.83. The topological polar surface area (TPSA) is 66.0 Å². The molecule has 0 aromatic rings. The Bertz CT molecular complexity index is 439. The second-order valence-corrected chi connectivity index (χ2v) is 8.67. The number of aliphatic imine (C=N–C) groups is 1. The van der Waals surface area contributed by atoms with Crippen molar-refractivity contribution in [1.29, 1.82) is 0 Å². The van der Waals surface area contributed by atoms with E-state index >= 15 is 0 Å². The van der Waals surface area contributed by atoms with E-state index in [9.17, 15) is 4.79 Å². The summed E-state index contributed by atoms with van der Waals surface area (Å²) >= 11 is 2.05. The number of ether oxygens (including phenoxy) is 1. The lowest BCUT2D eigenvalue weighted by Gasteiger charge is -2.39. The monoisotopic (exact) mass is 370 g/mol. The second kappa shape index (κ2) is 10.3. The van der Waals surface area contributed by atoms with Gasteiger partial charge in [0.05, 0.1) is 0 Å². The van der Waals surface area contributed by atoms with Gasteiger partial charge < -0.3 is 20.3 Å². The first kappa shape index (κ1) is 20.4. The maximum Gasteiger partial charge on any atom is 0.220 e. The van der Waals surface area contributed by atoms with Crippen molar-refractivity contribution >= 4 is 23.6 Å². The van der Waals surface area contributed by atoms with Crippen LogP contribution in [0, 0.1) is 5.92 Å². The minimum Gasteiger partial charge on any atom is -0.381 e. The molecule has 0 aliphatic carbocycles. The molecule has 25 heavy (non-hydrogen) atoms. The van der Waals surface area contributed by atoms with Crippen LogP contribution in [0.25, 0.3) is 0 Å². The fraction of sp³-hybridized carbons (Fsp3) is 0.889. The average Bonchev–Trinajstić information content (AvgIpc) is 2.64. The van der Waals surface area contributed by atoms with Gasteiger partial charge in [-0.2, -0.15) is 11.8 Å². The van der Waals surface area contributed by atoms with Crippen LogP contribution in [-0.4, -0.2) is 74.2 Å². The Morgan fingerprint density at radius 1 is 1.32 bits per heavy atom. The number of amides is 1.